The van der Waals surface area contributed by atoms with Gasteiger partial charge < -0.3 is 5.32 Å². The summed E-state index contributed by atoms with van der Waals surface area (Å²) in [5.41, 5.74) is 0. The Bertz CT molecular complexity index is 316. The molecule has 1 N–H and O–H groups in total. The van der Waals surface area contributed by atoms with Crippen molar-refractivity contribution in [1.82, 2.24) is 20.1 Å². The van der Waals surface area contributed by atoms with E-state index in [1.807, 2.05) is 7.05 Å². The average Bonchev–Trinajstić information content (AvgIpc) is 2.63. The predicted molar refractivity (Wildman–Crippen MR) is 54.6 cm³/mol. The van der Waals surface area contributed by atoms with Gasteiger partial charge in [-0.25, -0.2) is 4.98 Å². The molecule has 0 bridgehead atoms. The van der Waals surface area contributed by atoms with Crippen LogP contribution in [0, 0.1) is 0 Å². The summed E-state index contributed by atoms with van der Waals surface area (Å²) >= 11 is 0. The van der Waals surface area contributed by atoms with Crippen molar-refractivity contribution in [3.63, 3.8) is 0 Å². The molecule has 0 amide bonds. The van der Waals surface area contributed by atoms with Gasteiger partial charge in [-0.3, -0.25) is 4.68 Å². The minimum Gasteiger partial charge on any atom is -0.303 e. The van der Waals surface area contributed by atoms with Gasteiger partial charge in [0.1, 0.15) is 6.33 Å². The third-order valence-electron chi connectivity index (χ3n) is 2.42. The van der Waals surface area contributed by atoms with Gasteiger partial charge in [0.25, 0.3) is 0 Å². The van der Waals surface area contributed by atoms with Crippen LogP contribution in [0.2, 0.25) is 0 Å². The molecule has 0 aromatic carbocycles. The van der Waals surface area contributed by atoms with Crippen LogP contribution in [0.3, 0.4) is 0 Å². The first-order valence-corrected chi connectivity index (χ1v) is 5.09. The molecule has 0 saturated heterocycles. The number of rotatable bonds is 3. The van der Waals surface area contributed by atoms with Crippen LogP contribution in [0.4, 0.5) is 0 Å². The Hall–Kier alpha value is -1.16. The number of nitrogens with zero attached hydrogens (tertiary/aromatic N) is 3. The molecule has 1 heterocycles. The van der Waals surface area contributed by atoms with E-state index >= 15 is 0 Å². The quantitative estimate of drug-likeness (QED) is 0.727. The zero-order valence-electron chi connectivity index (χ0n) is 8.48. The SMILES string of the molecule is Cn1cnc(CNC2C=CCCC2)n1. The lowest BCUT2D eigenvalue weighted by atomic mass is 10.0. The first-order chi connectivity index (χ1) is 6.84. The minimum absolute atomic E-state index is 0.507. The summed E-state index contributed by atoms with van der Waals surface area (Å²) in [4.78, 5) is 4.17. The highest BCUT2D eigenvalue weighted by Crippen LogP contribution is 2.10. The van der Waals surface area contributed by atoms with Gasteiger partial charge in [-0.2, -0.15) is 5.10 Å². The maximum Gasteiger partial charge on any atom is 0.164 e. The number of hydrogen-bond donors (Lipinski definition) is 1. The highest BCUT2D eigenvalue weighted by molar-refractivity contribution is 4.98. The Morgan fingerprint density at radius 1 is 1.64 bits per heavy atom. The van der Waals surface area contributed by atoms with Crippen LogP contribution in [-0.2, 0) is 13.6 Å². The Kier molecular flexibility index (Phi) is 2.93. The summed E-state index contributed by atoms with van der Waals surface area (Å²) in [6, 6.07) is 0.507. The van der Waals surface area contributed by atoms with Crippen molar-refractivity contribution < 1.29 is 0 Å². The van der Waals surface area contributed by atoms with Gasteiger partial charge in [0.2, 0.25) is 0 Å². The van der Waals surface area contributed by atoms with Crippen molar-refractivity contribution in [1.29, 1.82) is 0 Å². The Labute approximate surface area is 84.0 Å². The van der Waals surface area contributed by atoms with Crippen LogP contribution in [0.15, 0.2) is 18.5 Å². The highest BCUT2D eigenvalue weighted by Gasteiger charge is 2.08. The van der Waals surface area contributed by atoms with E-state index in [4.69, 9.17) is 0 Å². The van der Waals surface area contributed by atoms with Gasteiger partial charge >= 0.3 is 0 Å². The molecule has 14 heavy (non-hydrogen) atoms. The van der Waals surface area contributed by atoms with Crippen LogP contribution in [-0.4, -0.2) is 20.8 Å². The number of aryl methyl sites for hydroxylation is 1. The number of aromatic nitrogens is 3. The lowest BCUT2D eigenvalue weighted by molar-refractivity contribution is 0.512. The van der Waals surface area contributed by atoms with E-state index in [0.29, 0.717) is 6.04 Å². The molecule has 0 radical (unpaired) electrons. The van der Waals surface area contributed by atoms with Gasteiger partial charge in [0.15, 0.2) is 5.82 Å². The van der Waals surface area contributed by atoms with Crippen LogP contribution >= 0.6 is 0 Å². The third-order valence-corrected chi connectivity index (χ3v) is 2.42. The molecule has 1 aromatic rings. The molecule has 76 valence electrons. The zero-order valence-corrected chi connectivity index (χ0v) is 8.48. The van der Waals surface area contributed by atoms with Crippen molar-refractivity contribution in [2.45, 2.75) is 31.8 Å². The van der Waals surface area contributed by atoms with E-state index in [2.05, 4.69) is 27.6 Å². The number of allylic oxidation sites excluding steroid dienone is 1. The second-order valence-electron chi connectivity index (χ2n) is 3.68. The first-order valence-electron chi connectivity index (χ1n) is 5.09. The number of nitrogens with one attached hydrogen (secondary N) is 1. The van der Waals surface area contributed by atoms with Crippen molar-refractivity contribution in [2.24, 2.45) is 7.05 Å². The van der Waals surface area contributed by atoms with Crippen LogP contribution < -0.4 is 5.32 Å². The normalized spacial score (nSPS) is 21.4. The fourth-order valence-electron chi connectivity index (χ4n) is 1.67. The fraction of sp³-hybridized carbons (Fsp3) is 0.600. The summed E-state index contributed by atoms with van der Waals surface area (Å²) in [5, 5.41) is 7.64. The molecule has 1 aliphatic carbocycles. The van der Waals surface area contributed by atoms with Gasteiger partial charge in [0.05, 0.1) is 6.54 Å². The van der Waals surface area contributed by atoms with Crippen LogP contribution in [0.25, 0.3) is 0 Å². The predicted octanol–water partition coefficient (Wildman–Crippen LogP) is 1.01. The molecular formula is C10H16N4. The summed E-state index contributed by atoms with van der Waals surface area (Å²) in [7, 11) is 1.89. The summed E-state index contributed by atoms with van der Waals surface area (Å²) in [5.74, 6) is 0.867. The van der Waals surface area contributed by atoms with E-state index in [-0.39, 0.29) is 0 Å². The van der Waals surface area contributed by atoms with E-state index in [0.717, 1.165) is 12.4 Å². The Balaban J connectivity index is 1.82. The largest absolute Gasteiger partial charge is 0.303 e. The van der Waals surface area contributed by atoms with Crippen LogP contribution in [0.5, 0.6) is 0 Å². The second kappa shape index (κ2) is 4.37. The third kappa shape index (κ3) is 2.42. The standard InChI is InChI=1S/C10H16N4/c1-14-8-12-10(13-14)7-11-9-5-3-2-4-6-9/h3,5,8-9,11H,2,4,6-7H2,1H3. The first kappa shape index (κ1) is 9.40. The second-order valence-corrected chi connectivity index (χ2v) is 3.68. The van der Waals surface area contributed by atoms with Crippen molar-refractivity contribution >= 4 is 0 Å². The maximum atomic E-state index is 4.21. The van der Waals surface area contributed by atoms with Gasteiger partial charge in [-0.05, 0) is 19.3 Å². The van der Waals surface area contributed by atoms with Gasteiger partial charge in [-0.1, -0.05) is 12.2 Å². The Morgan fingerprint density at radius 3 is 3.21 bits per heavy atom. The molecule has 1 aromatic heterocycles. The molecular weight excluding hydrogens is 176 g/mol. The summed E-state index contributed by atoms with van der Waals surface area (Å²) in [6.07, 6.45) is 9.94. The van der Waals surface area contributed by atoms with Crippen LogP contribution in [0.1, 0.15) is 25.1 Å². The topological polar surface area (TPSA) is 42.7 Å². The molecule has 2 rings (SSSR count). The summed E-state index contributed by atoms with van der Waals surface area (Å²) < 4.78 is 1.73. The molecule has 1 unspecified atom stereocenters. The minimum atomic E-state index is 0.507. The fourth-order valence-corrected chi connectivity index (χ4v) is 1.67. The molecule has 1 aliphatic rings. The van der Waals surface area contributed by atoms with Crippen molar-refractivity contribution in [3.05, 3.63) is 24.3 Å². The van der Waals surface area contributed by atoms with E-state index < -0.39 is 0 Å². The molecule has 0 fully saturated rings. The smallest absolute Gasteiger partial charge is 0.164 e. The molecule has 1 atom stereocenters. The zero-order chi connectivity index (χ0) is 9.80. The van der Waals surface area contributed by atoms with Gasteiger partial charge in [-0.15, -0.1) is 0 Å². The molecule has 4 nitrogen and oxygen atoms in total. The van der Waals surface area contributed by atoms with Gasteiger partial charge in [0, 0.05) is 13.1 Å². The highest BCUT2D eigenvalue weighted by atomic mass is 15.3. The lowest BCUT2D eigenvalue weighted by Gasteiger charge is -2.16. The van der Waals surface area contributed by atoms with Crippen molar-refractivity contribution in [3.8, 4) is 0 Å². The molecule has 0 aliphatic heterocycles. The lowest BCUT2D eigenvalue weighted by Crippen LogP contribution is -2.28. The monoisotopic (exact) mass is 192 g/mol. The maximum absolute atomic E-state index is 4.21. The molecule has 0 spiro atoms. The Morgan fingerprint density at radius 2 is 2.57 bits per heavy atom. The van der Waals surface area contributed by atoms with E-state index in [9.17, 15) is 0 Å². The molecule has 0 saturated carbocycles. The van der Waals surface area contributed by atoms with Crippen molar-refractivity contribution in [2.75, 3.05) is 0 Å². The number of hydrogen-bond acceptors (Lipinski definition) is 3. The summed E-state index contributed by atoms with van der Waals surface area (Å²) in [6.45, 7) is 0.760. The average molecular weight is 192 g/mol. The van der Waals surface area contributed by atoms with E-state index in [1.165, 1.54) is 19.3 Å². The molecule has 4 heteroatoms. The van der Waals surface area contributed by atoms with E-state index in [1.54, 1.807) is 11.0 Å².